The van der Waals surface area contributed by atoms with E-state index in [9.17, 15) is 9.59 Å². The number of hydrogen-bond acceptors (Lipinski definition) is 5. The number of furan rings is 1. The molecule has 134 valence electrons. The van der Waals surface area contributed by atoms with E-state index in [1.165, 1.54) is 24.7 Å². The van der Waals surface area contributed by atoms with Gasteiger partial charge in [0.1, 0.15) is 5.75 Å². The standard InChI is InChI=1S/C18H15ClN2O4S/c1-10-8-15(21-17(22)14-4-3-7-25-14)26-16(10)18(23)20-11-5-6-13(24-2)12(19)9-11/h3-9H,1-2H3,(H,20,23)(H,21,22). The Hall–Kier alpha value is -2.77. The van der Waals surface area contributed by atoms with Crippen molar-refractivity contribution >= 4 is 45.4 Å². The second-order valence-corrected chi connectivity index (χ2v) is 6.82. The van der Waals surface area contributed by atoms with Crippen LogP contribution in [-0.4, -0.2) is 18.9 Å². The Morgan fingerprint density at radius 1 is 1.15 bits per heavy atom. The van der Waals surface area contributed by atoms with Crippen molar-refractivity contribution in [3.05, 3.63) is 63.9 Å². The van der Waals surface area contributed by atoms with Crippen molar-refractivity contribution in [2.24, 2.45) is 0 Å². The van der Waals surface area contributed by atoms with Gasteiger partial charge in [-0.1, -0.05) is 11.6 Å². The molecule has 2 amide bonds. The average molecular weight is 391 g/mol. The predicted octanol–water partition coefficient (Wildman–Crippen LogP) is 4.82. The third-order valence-electron chi connectivity index (χ3n) is 3.52. The fraction of sp³-hybridized carbons (Fsp3) is 0.111. The molecule has 6 nitrogen and oxygen atoms in total. The van der Waals surface area contributed by atoms with E-state index in [1.807, 2.05) is 0 Å². The van der Waals surface area contributed by atoms with Gasteiger partial charge in [-0.15, -0.1) is 11.3 Å². The van der Waals surface area contributed by atoms with Crippen molar-refractivity contribution in [1.82, 2.24) is 0 Å². The number of benzene rings is 1. The monoisotopic (exact) mass is 390 g/mol. The van der Waals surface area contributed by atoms with Gasteiger partial charge in [0.15, 0.2) is 5.76 Å². The SMILES string of the molecule is COc1ccc(NC(=O)c2sc(NC(=O)c3ccco3)cc2C)cc1Cl. The normalized spacial score (nSPS) is 10.4. The first kappa shape index (κ1) is 18.0. The number of methoxy groups -OCH3 is 1. The Morgan fingerprint density at radius 2 is 1.96 bits per heavy atom. The van der Waals surface area contributed by atoms with Crippen molar-refractivity contribution in [3.8, 4) is 5.75 Å². The third kappa shape index (κ3) is 3.89. The maximum atomic E-state index is 12.5. The van der Waals surface area contributed by atoms with E-state index >= 15 is 0 Å². The van der Waals surface area contributed by atoms with E-state index in [-0.39, 0.29) is 17.6 Å². The van der Waals surface area contributed by atoms with Crippen LogP contribution < -0.4 is 15.4 Å². The first-order valence-corrected chi connectivity index (χ1v) is 8.77. The number of amides is 2. The summed E-state index contributed by atoms with van der Waals surface area (Å²) in [4.78, 5) is 25.0. The highest BCUT2D eigenvalue weighted by atomic mass is 35.5. The van der Waals surface area contributed by atoms with Crippen LogP contribution in [-0.2, 0) is 0 Å². The molecule has 1 aromatic carbocycles. The Labute approximate surface area is 158 Å². The molecular formula is C18H15ClN2O4S. The van der Waals surface area contributed by atoms with E-state index < -0.39 is 0 Å². The minimum atomic E-state index is -0.370. The number of aryl methyl sites for hydroxylation is 1. The number of ether oxygens (including phenoxy) is 1. The zero-order chi connectivity index (χ0) is 18.7. The van der Waals surface area contributed by atoms with Gasteiger partial charge in [0.25, 0.3) is 11.8 Å². The summed E-state index contributed by atoms with van der Waals surface area (Å²) in [5.41, 5.74) is 1.30. The second kappa shape index (κ2) is 7.63. The lowest BCUT2D eigenvalue weighted by Crippen LogP contribution is -2.11. The summed E-state index contributed by atoms with van der Waals surface area (Å²) in [5.74, 6) is 0.0761. The van der Waals surface area contributed by atoms with Crippen LogP contribution in [0.15, 0.2) is 47.1 Å². The highest BCUT2D eigenvalue weighted by Crippen LogP contribution is 2.30. The fourth-order valence-corrected chi connectivity index (χ4v) is 3.50. The van der Waals surface area contributed by atoms with Crippen molar-refractivity contribution in [2.75, 3.05) is 17.7 Å². The maximum absolute atomic E-state index is 12.5. The molecule has 26 heavy (non-hydrogen) atoms. The molecule has 2 N–H and O–H groups in total. The Kier molecular flexibility index (Phi) is 5.29. The summed E-state index contributed by atoms with van der Waals surface area (Å²) in [7, 11) is 1.52. The molecule has 8 heteroatoms. The average Bonchev–Trinajstić information content (AvgIpc) is 3.25. The van der Waals surface area contributed by atoms with Crippen molar-refractivity contribution < 1.29 is 18.7 Å². The minimum absolute atomic E-state index is 0.204. The van der Waals surface area contributed by atoms with Gasteiger partial charge in [-0.2, -0.15) is 0 Å². The van der Waals surface area contributed by atoms with Crippen molar-refractivity contribution in [2.45, 2.75) is 6.92 Å². The largest absolute Gasteiger partial charge is 0.495 e. The molecule has 0 unspecified atom stereocenters. The highest BCUT2D eigenvalue weighted by Gasteiger charge is 2.17. The van der Waals surface area contributed by atoms with E-state index in [0.717, 1.165) is 5.56 Å². The van der Waals surface area contributed by atoms with Gasteiger partial charge in [0.2, 0.25) is 0 Å². The molecule has 3 rings (SSSR count). The highest BCUT2D eigenvalue weighted by molar-refractivity contribution is 7.18. The molecule has 0 spiro atoms. The summed E-state index contributed by atoms with van der Waals surface area (Å²) >= 11 is 7.25. The van der Waals surface area contributed by atoms with Crippen LogP contribution in [0.3, 0.4) is 0 Å². The number of halogens is 1. The van der Waals surface area contributed by atoms with Gasteiger partial charge >= 0.3 is 0 Å². The topological polar surface area (TPSA) is 80.6 Å². The van der Waals surface area contributed by atoms with Gasteiger partial charge in [-0.05, 0) is 48.9 Å². The Morgan fingerprint density at radius 3 is 2.62 bits per heavy atom. The number of rotatable bonds is 5. The van der Waals surface area contributed by atoms with E-state index in [2.05, 4.69) is 10.6 Å². The molecule has 0 saturated carbocycles. The minimum Gasteiger partial charge on any atom is -0.495 e. The smallest absolute Gasteiger partial charge is 0.291 e. The molecule has 2 heterocycles. The Balaban J connectivity index is 1.73. The van der Waals surface area contributed by atoms with Crippen LogP contribution in [0, 0.1) is 6.92 Å². The van der Waals surface area contributed by atoms with Gasteiger partial charge in [0, 0.05) is 5.69 Å². The van der Waals surface area contributed by atoms with Crippen LogP contribution >= 0.6 is 22.9 Å². The summed E-state index contributed by atoms with van der Waals surface area (Å²) in [5, 5.41) is 6.46. The van der Waals surface area contributed by atoms with Crippen LogP contribution in [0.25, 0.3) is 0 Å². The summed E-state index contributed by atoms with van der Waals surface area (Å²) < 4.78 is 10.1. The van der Waals surface area contributed by atoms with Crippen molar-refractivity contribution in [3.63, 3.8) is 0 Å². The second-order valence-electron chi connectivity index (χ2n) is 5.36. The Bertz CT molecular complexity index is 950. The zero-order valence-corrected chi connectivity index (χ0v) is 15.5. The molecule has 0 aliphatic rings. The van der Waals surface area contributed by atoms with Gasteiger partial charge in [0.05, 0.1) is 28.3 Å². The lowest BCUT2D eigenvalue weighted by Gasteiger charge is -2.07. The quantitative estimate of drug-likeness (QED) is 0.654. The summed E-state index contributed by atoms with van der Waals surface area (Å²) in [6, 6.07) is 9.92. The van der Waals surface area contributed by atoms with Crippen LogP contribution in [0.1, 0.15) is 25.8 Å². The molecular weight excluding hydrogens is 376 g/mol. The lowest BCUT2D eigenvalue weighted by atomic mass is 10.2. The molecule has 0 atom stereocenters. The van der Waals surface area contributed by atoms with Gasteiger partial charge < -0.3 is 19.8 Å². The zero-order valence-electron chi connectivity index (χ0n) is 14.0. The van der Waals surface area contributed by atoms with Gasteiger partial charge in [-0.3, -0.25) is 9.59 Å². The van der Waals surface area contributed by atoms with E-state index in [0.29, 0.717) is 26.3 Å². The number of nitrogens with one attached hydrogen (secondary N) is 2. The molecule has 0 saturated heterocycles. The molecule has 3 aromatic rings. The molecule has 0 aliphatic heterocycles. The predicted molar refractivity (Wildman–Crippen MR) is 102 cm³/mol. The molecule has 0 radical (unpaired) electrons. The van der Waals surface area contributed by atoms with Crippen molar-refractivity contribution in [1.29, 1.82) is 0 Å². The number of anilines is 2. The molecule has 0 aliphatic carbocycles. The molecule has 0 fully saturated rings. The van der Waals surface area contributed by atoms with Crippen LogP contribution in [0.2, 0.25) is 5.02 Å². The molecule has 2 aromatic heterocycles. The van der Waals surface area contributed by atoms with Gasteiger partial charge in [-0.25, -0.2) is 0 Å². The number of carbonyl (C=O) groups is 2. The van der Waals surface area contributed by atoms with E-state index in [1.54, 1.807) is 43.3 Å². The summed E-state index contributed by atoms with van der Waals surface area (Å²) in [6.07, 6.45) is 1.42. The summed E-state index contributed by atoms with van der Waals surface area (Å²) in [6.45, 7) is 1.80. The first-order valence-electron chi connectivity index (χ1n) is 7.58. The number of thiophene rings is 1. The first-order chi connectivity index (χ1) is 12.5. The lowest BCUT2D eigenvalue weighted by molar-refractivity contribution is 0.0995. The molecule has 0 bridgehead atoms. The van der Waals surface area contributed by atoms with Crippen LogP contribution in [0.5, 0.6) is 5.75 Å². The third-order valence-corrected chi connectivity index (χ3v) is 4.96. The fourth-order valence-electron chi connectivity index (χ4n) is 2.28. The van der Waals surface area contributed by atoms with Crippen LogP contribution in [0.4, 0.5) is 10.7 Å². The van der Waals surface area contributed by atoms with E-state index in [4.69, 9.17) is 20.8 Å². The maximum Gasteiger partial charge on any atom is 0.291 e. The number of hydrogen-bond donors (Lipinski definition) is 2. The number of carbonyl (C=O) groups excluding carboxylic acids is 2.